The van der Waals surface area contributed by atoms with E-state index in [0.29, 0.717) is 22.3 Å². The molecule has 1 atom stereocenters. The first-order valence-electron chi connectivity index (χ1n) is 8.21. The Labute approximate surface area is 163 Å². The van der Waals surface area contributed by atoms with Crippen LogP contribution in [0.15, 0.2) is 78.9 Å². The average Bonchev–Trinajstić information content (AvgIpc) is 2.63. The molecule has 26 heavy (non-hydrogen) atoms. The number of hydrogen-bond donors (Lipinski definition) is 2. The number of anilines is 1. The lowest BCUT2D eigenvalue weighted by Gasteiger charge is -2.19. The molecule has 0 unspecified atom stereocenters. The SMILES string of the molecule is O=C(Nc1cc(Cl)cc(Cl)c1)[C@H](NCc1ccccc1)c1ccccc1. The van der Waals surface area contributed by atoms with Gasteiger partial charge in [0.1, 0.15) is 6.04 Å². The molecule has 3 aromatic carbocycles. The predicted octanol–water partition coefficient (Wildman–Crippen LogP) is 5.46. The van der Waals surface area contributed by atoms with E-state index in [-0.39, 0.29) is 5.91 Å². The highest BCUT2D eigenvalue weighted by Crippen LogP contribution is 2.24. The topological polar surface area (TPSA) is 41.1 Å². The van der Waals surface area contributed by atoms with Crippen molar-refractivity contribution in [2.75, 3.05) is 5.32 Å². The monoisotopic (exact) mass is 384 g/mol. The van der Waals surface area contributed by atoms with Gasteiger partial charge in [0.2, 0.25) is 5.91 Å². The molecule has 0 aliphatic heterocycles. The molecule has 0 spiro atoms. The minimum Gasteiger partial charge on any atom is -0.324 e. The molecule has 2 N–H and O–H groups in total. The normalized spacial score (nSPS) is 11.8. The van der Waals surface area contributed by atoms with Gasteiger partial charge in [0, 0.05) is 22.3 Å². The summed E-state index contributed by atoms with van der Waals surface area (Å²) < 4.78 is 0. The minimum atomic E-state index is -0.505. The summed E-state index contributed by atoms with van der Waals surface area (Å²) in [6.45, 7) is 0.574. The zero-order valence-corrected chi connectivity index (χ0v) is 15.5. The minimum absolute atomic E-state index is 0.175. The molecule has 1 amide bonds. The molecule has 3 rings (SSSR count). The Bertz CT molecular complexity index is 849. The summed E-state index contributed by atoms with van der Waals surface area (Å²) in [5.41, 5.74) is 2.55. The second kappa shape index (κ2) is 8.86. The van der Waals surface area contributed by atoms with Crippen molar-refractivity contribution in [3.05, 3.63) is 100 Å². The Hall–Kier alpha value is -2.33. The first-order valence-corrected chi connectivity index (χ1v) is 8.96. The number of carbonyl (C=O) groups is 1. The van der Waals surface area contributed by atoms with Crippen LogP contribution in [0.2, 0.25) is 10.0 Å². The summed E-state index contributed by atoms with van der Waals surface area (Å²) in [4.78, 5) is 12.9. The molecule has 0 saturated carbocycles. The van der Waals surface area contributed by atoms with Crippen molar-refractivity contribution in [3.8, 4) is 0 Å². The van der Waals surface area contributed by atoms with Gasteiger partial charge in [-0.2, -0.15) is 0 Å². The molecule has 0 bridgehead atoms. The first kappa shape index (κ1) is 18.5. The number of amides is 1. The summed E-state index contributed by atoms with van der Waals surface area (Å²) in [5.74, 6) is -0.175. The maximum atomic E-state index is 12.9. The van der Waals surface area contributed by atoms with Gasteiger partial charge in [0.05, 0.1) is 0 Å². The highest BCUT2D eigenvalue weighted by Gasteiger charge is 2.20. The molecule has 0 heterocycles. The van der Waals surface area contributed by atoms with Crippen LogP contribution in [0.5, 0.6) is 0 Å². The van der Waals surface area contributed by atoms with Crippen LogP contribution in [0.3, 0.4) is 0 Å². The third kappa shape index (κ3) is 5.09. The largest absolute Gasteiger partial charge is 0.324 e. The van der Waals surface area contributed by atoms with Gasteiger partial charge in [-0.15, -0.1) is 0 Å². The molecule has 0 saturated heterocycles. The third-order valence-electron chi connectivity index (χ3n) is 3.88. The summed E-state index contributed by atoms with van der Waals surface area (Å²) in [7, 11) is 0. The number of benzene rings is 3. The molecule has 0 aliphatic carbocycles. The van der Waals surface area contributed by atoms with Gasteiger partial charge in [-0.05, 0) is 29.3 Å². The first-order chi connectivity index (χ1) is 12.6. The van der Waals surface area contributed by atoms with Crippen LogP contribution >= 0.6 is 23.2 Å². The Kier molecular flexibility index (Phi) is 6.29. The van der Waals surface area contributed by atoms with Gasteiger partial charge in [0.15, 0.2) is 0 Å². The summed E-state index contributed by atoms with van der Waals surface area (Å²) >= 11 is 12.0. The molecule has 5 heteroatoms. The lowest BCUT2D eigenvalue weighted by Crippen LogP contribution is -2.32. The number of carbonyl (C=O) groups excluding carboxylic acids is 1. The maximum absolute atomic E-state index is 12.9. The van der Waals surface area contributed by atoms with Crippen LogP contribution in [0, 0.1) is 0 Å². The molecular formula is C21H18Cl2N2O. The fraction of sp³-hybridized carbons (Fsp3) is 0.0952. The number of halogens is 2. The van der Waals surface area contributed by atoms with E-state index < -0.39 is 6.04 Å². The summed E-state index contributed by atoms with van der Waals surface area (Å²) in [6.07, 6.45) is 0. The van der Waals surface area contributed by atoms with Crippen molar-refractivity contribution < 1.29 is 4.79 Å². The molecule has 3 aromatic rings. The van der Waals surface area contributed by atoms with Crippen molar-refractivity contribution in [2.24, 2.45) is 0 Å². The maximum Gasteiger partial charge on any atom is 0.246 e. The highest BCUT2D eigenvalue weighted by molar-refractivity contribution is 6.35. The van der Waals surface area contributed by atoms with E-state index in [1.165, 1.54) is 0 Å². The third-order valence-corrected chi connectivity index (χ3v) is 4.31. The Morgan fingerprint density at radius 2 is 1.42 bits per heavy atom. The second-order valence-corrected chi connectivity index (χ2v) is 6.73. The van der Waals surface area contributed by atoms with Crippen LogP contribution in [0.25, 0.3) is 0 Å². The zero-order valence-electron chi connectivity index (χ0n) is 14.0. The Morgan fingerprint density at radius 1 is 0.846 bits per heavy atom. The Morgan fingerprint density at radius 3 is 2.04 bits per heavy atom. The summed E-state index contributed by atoms with van der Waals surface area (Å²) in [6, 6.07) is 24.0. The van der Waals surface area contributed by atoms with Gasteiger partial charge >= 0.3 is 0 Å². The number of rotatable bonds is 6. The molecule has 3 nitrogen and oxygen atoms in total. The van der Waals surface area contributed by atoms with Crippen molar-refractivity contribution in [2.45, 2.75) is 12.6 Å². The van der Waals surface area contributed by atoms with E-state index in [2.05, 4.69) is 10.6 Å². The molecule has 0 aliphatic rings. The van der Waals surface area contributed by atoms with Gasteiger partial charge in [-0.25, -0.2) is 0 Å². The predicted molar refractivity (Wildman–Crippen MR) is 108 cm³/mol. The van der Waals surface area contributed by atoms with E-state index in [0.717, 1.165) is 11.1 Å². The molecule has 0 fully saturated rings. The van der Waals surface area contributed by atoms with Crippen LogP contribution in [-0.2, 0) is 11.3 Å². The van der Waals surface area contributed by atoms with Crippen LogP contribution < -0.4 is 10.6 Å². The van der Waals surface area contributed by atoms with Crippen LogP contribution in [-0.4, -0.2) is 5.91 Å². The van der Waals surface area contributed by atoms with Crippen molar-refractivity contribution in [3.63, 3.8) is 0 Å². The second-order valence-electron chi connectivity index (χ2n) is 5.86. The van der Waals surface area contributed by atoms with E-state index in [9.17, 15) is 4.79 Å². The number of nitrogens with one attached hydrogen (secondary N) is 2. The molecule has 0 radical (unpaired) electrons. The molecule has 0 aromatic heterocycles. The van der Waals surface area contributed by atoms with Gasteiger partial charge in [-0.3, -0.25) is 10.1 Å². The van der Waals surface area contributed by atoms with Crippen molar-refractivity contribution >= 4 is 34.8 Å². The van der Waals surface area contributed by atoms with E-state index in [1.54, 1.807) is 18.2 Å². The standard InChI is InChI=1S/C21H18Cl2N2O/c22-17-11-18(23)13-19(12-17)25-21(26)20(16-9-5-2-6-10-16)24-14-15-7-3-1-4-8-15/h1-13,20,24H,14H2,(H,25,26)/t20-/m1/s1. The van der Waals surface area contributed by atoms with Crippen molar-refractivity contribution in [1.82, 2.24) is 5.32 Å². The van der Waals surface area contributed by atoms with Crippen LogP contribution in [0.1, 0.15) is 17.2 Å². The molecular weight excluding hydrogens is 367 g/mol. The van der Waals surface area contributed by atoms with Gasteiger partial charge < -0.3 is 5.32 Å². The average molecular weight is 385 g/mol. The lowest BCUT2D eigenvalue weighted by molar-refractivity contribution is -0.118. The fourth-order valence-electron chi connectivity index (χ4n) is 2.66. The number of hydrogen-bond acceptors (Lipinski definition) is 2. The highest BCUT2D eigenvalue weighted by atomic mass is 35.5. The van der Waals surface area contributed by atoms with E-state index >= 15 is 0 Å². The smallest absolute Gasteiger partial charge is 0.246 e. The van der Waals surface area contributed by atoms with E-state index in [1.807, 2.05) is 60.7 Å². The molecule has 132 valence electrons. The quantitative estimate of drug-likeness (QED) is 0.591. The summed E-state index contributed by atoms with van der Waals surface area (Å²) in [5, 5.41) is 7.16. The zero-order chi connectivity index (χ0) is 18.4. The van der Waals surface area contributed by atoms with Crippen molar-refractivity contribution in [1.29, 1.82) is 0 Å². The van der Waals surface area contributed by atoms with E-state index in [4.69, 9.17) is 23.2 Å². The van der Waals surface area contributed by atoms with Gasteiger partial charge in [-0.1, -0.05) is 83.9 Å². The Balaban J connectivity index is 1.79. The van der Waals surface area contributed by atoms with Gasteiger partial charge in [0.25, 0.3) is 0 Å². The van der Waals surface area contributed by atoms with Crippen LogP contribution in [0.4, 0.5) is 5.69 Å². The lowest BCUT2D eigenvalue weighted by atomic mass is 10.1. The fourth-order valence-corrected chi connectivity index (χ4v) is 3.19.